The molecule has 2 rings (SSSR count). The highest BCUT2D eigenvalue weighted by atomic mass is 79.9. The SMILES string of the molecule is COc1cccc(C(O)CNc2c(C)cc(Br)cc2C)c1. The molecule has 0 saturated heterocycles. The van der Waals surface area contributed by atoms with E-state index < -0.39 is 6.10 Å². The monoisotopic (exact) mass is 349 g/mol. The molecule has 0 amide bonds. The van der Waals surface area contributed by atoms with E-state index in [0.717, 1.165) is 32.6 Å². The number of benzene rings is 2. The Bertz CT molecular complexity index is 605. The predicted octanol–water partition coefficient (Wildman–Crippen LogP) is 4.22. The van der Waals surface area contributed by atoms with Crippen LogP contribution >= 0.6 is 15.9 Å². The van der Waals surface area contributed by atoms with Crippen molar-refractivity contribution in [2.24, 2.45) is 0 Å². The molecule has 0 aliphatic heterocycles. The quantitative estimate of drug-likeness (QED) is 0.848. The molecule has 0 fully saturated rings. The van der Waals surface area contributed by atoms with Gasteiger partial charge in [0.05, 0.1) is 13.2 Å². The third-order valence-electron chi connectivity index (χ3n) is 3.45. The topological polar surface area (TPSA) is 41.5 Å². The average Bonchev–Trinajstić information content (AvgIpc) is 2.46. The van der Waals surface area contributed by atoms with Gasteiger partial charge in [0.1, 0.15) is 5.75 Å². The molecule has 21 heavy (non-hydrogen) atoms. The number of aliphatic hydroxyl groups is 1. The van der Waals surface area contributed by atoms with Gasteiger partial charge in [-0.25, -0.2) is 0 Å². The Labute approximate surface area is 134 Å². The van der Waals surface area contributed by atoms with Gasteiger partial charge in [-0.1, -0.05) is 28.1 Å². The Morgan fingerprint density at radius 2 is 1.86 bits per heavy atom. The number of methoxy groups -OCH3 is 1. The first-order valence-electron chi connectivity index (χ1n) is 6.84. The van der Waals surface area contributed by atoms with Crippen LogP contribution in [0.25, 0.3) is 0 Å². The normalized spacial score (nSPS) is 12.0. The van der Waals surface area contributed by atoms with E-state index in [1.165, 1.54) is 0 Å². The number of anilines is 1. The molecule has 0 bridgehead atoms. The lowest BCUT2D eigenvalue weighted by atomic mass is 10.1. The number of halogens is 1. The summed E-state index contributed by atoms with van der Waals surface area (Å²) in [4.78, 5) is 0. The zero-order valence-corrected chi connectivity index (χ0v) is 14.1. The first-order valence-corrected chi connectivity index (χ1v) is 7.63. The number of aliphatic hydroxyl groups excluding tert-OH is 1. The van der Waals surface area contributed by atoms with Crippen LogP contribution in [0.1, 0.15) is 22.8 Å². The Kier molecular flexibility index (Phi) is 5.26. The molecule has 0 heterocycles. The van der Waals surface area contributed by atoms with Gasteiger partial charge in [-0.15, -0.1) is 0 Å². The van der Waals surface area contributed by atoms with Crippen molar-refractivity contribution in [3.63, 3.8) is 0 Å². The maximum Gasteiger partial charge on any atom is 0.119 e. The molecule has 1 atom stereocenters. The molecule has 2 N–H and O–H groups in total. The second-order valence-electron chi connectivity index (χ2n) is 5.09. The third kappa shape index (κ3) is 3.99. The summed E-state index contributed by atoms with van der Waals surface area (Å²) in [7, 11) is 1.62. The van der Waals surface area contributed by atoms with Crippen LogP contribution in [-0.2, 0) is 0 Å². The van der Waals surface area contributed by atoms with Crippen LogP contribution in [0.5, 0.6) is 5.75 Å². The summed E-state index contributed by atoms with van der Waals surface area (Å²) in [5.74, 6) is 0.752. The number of hydrogen-bond donors (Lipinski definition) is 2. The Hall–Kier alpha value is -1.52. The van der Waals surface area contributed by atoms with Crippen LogP contribution < -0.4 is 10.1 Å². The lowest BCUT2D eigenvalue weighted by Gasteiger charge is -2.17. The van der Waals surface area contributed by atoms with Gasteiger partial charge < -0.3 is 15.2 Å². The summed E-state index contributed by atoms with van der Waals surface area (Å²) in [6, 6.07) is 11.6. The molecule has 0 spiro atoms. The van der Waals surface area contributed by atoms with E-state index in [-0.39, 0.29) is 0 Å². The Balaban J connectivity index is 2.09. The summed E-state index contributed by atoms with van der Waals surface area (Å²) >= 11 is 3.49. The molecule has 2 aromatic carbocycles. The highest BCUT2D eigenvalue weighted by Crippen LogP contribution is 2.26. The zero-order chi connectivity index (χ0) is 15.4. The van der Waals surface area contributed by atoms with Gasteiger partial charge in [-0.05, 0) is 54.8 Å². The van der Waals surface area contributed by atoms with E-state index >= 15 is 0 Å². The standard InChI is InChI=1S/C17H20BrNO2/c1-11-7-14(18)8-12(2)17(11)19-10-16(20)13-5-4-6-15(9-13)21-3/h4-9,16,19-20H,10H2,1-3H3. The lowest BCUT2D eigenvalue weighted by molar-refractivity contribution is 0.191. The fraction of sp³-hybridized carbons (Fsp3) is 0.294. The van der Waals surface area contributed by atoms with Crippen molar-refractivity contribution in [1.29, 1.82) is 0 Å². The Morgan fingerprint density at radius 3 is 2.48 bits per heavy atom. The van der Waals surface area contributed by atoms with Gasteiger partial charge >= 0.3 is 0 Å². The predicted molar refractivity (Wildman–Crippen MR) is 90.1 cm³/mol. The van der Waals surface area contributed by atoms with Crippen molar-refractivity contribution in [1.82, 2.24) is 0 Å². The zero-order valence-electron chi connectivity index (χ0n) is 12.5. The van der Waals surface area contributed by atoms with Crippen molar-refractivity contribution >= 4 is 21.6 Å². The molecule has 0 aliphatic rings. The minimum absolute atomic E-state index is 0.455. The first-order chi connectivity index (χ1) is 10.0. The molecule has 4 heteroatoms. The van der Waals surface area contributed by atoms with Crippen molar-refractivity contribution in [2.45, 2.75) is 20.0 Å². The van der Waals surface area contributed by atoms with Crippen LogP contribution in [0, 0.1) is 13.8 Å². The molecule has 0 radical (unpaired) electrons. The summed E-state index contributed by atoms with van der Waals surface area (Å²) in [6.07, 6.45) is -0.581. The maximum atomic E-state index is 10.3. The molecule has 0 aliphatic carbocycles. The summed E-state index contributed by atoms with van der Waals surface area (Å²) < 4.78 is 6.25. The summed E-state index contributed by atoms with van der Waals surface area (Å²) in [5.41, 5.74) is 4.22. The lowest BCUT2D eigenvalue weighted by Crippen LogP contribution is -2.13. The number of nitrogens with one attached hydrogen (secondary N) is 1. The van der Waals surface area contributed by atoms with Crippen LogP contribution in [0.3, 0.4) is 0 Å². The van der Waals surface area contributed by atoms with E-state index in [4.69, 9.17) is 4.74 Å². The number of aryl methyl sites for hydroxylation is 2. The van der Waals surface area contributed by atoms with Gasteiger partial charge in [0, 0.05) is 16.7 Å². The molecule has 2 aromatic rings. The van der Waals surface area contributed by atoms with Crippen LogP contribution in [0.15, 0.2) is 40.9 Å². The van der Waals surface area contributed by atoms with Crippen molar-refractivity contribution < 1.29 is 9.84 Å². The van der Waals surface area contributed by atoms with Crippen molar-refractivity contribution in [2.75, 3.05) is 19.0 Å². The highest BCUT2D eigenvalue weighted by molar-refractivity contribution is 9.10. The number of ether oxygens (including phenoxy) is 1. The van der Waals surface area contributed by atoms with Crippen LogP contribution in [0.4, 0.5) is 5.69 Å². The van der Waals surface area contributed by atoms with Crippen LogP contribution in [-0.4, -0.2) is 18.8 Å². The Morgan fingerprint density at radius 1 is 1.19 bits per heavy atom. The number of hydrogen-bond acceptors (Lipinski definition) is 3. The number of rotatable bonds is 5. The smallest absolute Gasteiger partial charge is 0.119 e. The fourth-order valence-electron chi connectivity index (χ4n) is 2.35. The third-order valence-corrected chi connectivity index (χ3v) is 3.91. The van der Waals surface area contributed by atoms with E-state index in [9.17, 15) is 5.11 Å². The summed E-state index contributed by atoms with van der Waals surface area (Å²) in [6.45, 7) is 4.56. The van der Waals surface area contributed by atoms with Crippen molar-refractivity contribution in [3.05, 3.63) is 57.6 Å². The second kappa shape index (κ2) is 6.96. The van der Waals surface area contributed by atoms with E-state index in [1.54, 1.807) is 7.11 Å². The van der Waals surface area contributed by atoms with Gasteiger partial charge in [-0.3, -0.25) is 0 Å². The van der Waals surface area contributed by atoms with Gasteiger partial charge in [0.15, 0.2) is 0 Å². The average molecular weight is 350 g/mol. The highest BCUT2D eigenvalue weighted by Gasteiger charge is 2.10. The molecule has 112 valence electrons. The van der Waals surface area contributed by atoms with Gasteiger partial charge in [-0.2, -0.15) is 0 Å². The first kappa shape index (κ1) is 15.9. The van der Waals surface area contributed by atoms with Gasteiger partial charge in [0.25, 0.3) is 0 Å². The van der Waals surface area contributed by atoms with Crippen LogP contribution in [0.2, 0.25) is 0 Å². The molecular formula is C17H20BrNO2. The van der Waals surface area contributed by atoms with Crippen molar-refractivity contribution in [3.8, 4) is 5.75 Å². The fourth-order valence-corrected chi connectivity index (χ4v) is 3.04. The van der Waals surface area contributed by atoms with Gasteiger partial charge in [0.2, 0.25) is 0 Å². The molecular weight excluding hydrogens is 330 g/mol. The van der Waals surface area contributed by atoms with E-state index in [2.05, 4.69) is 47.2 Å². The molecule has 0 aromatic heterocycles. The maximum absolute atomic E-state index is 10.3. The van der Waals surface area contributed by atoms with E-state index in [0.29, 0.717) is 6.54 Å². The van der Waals surface area contributed by atoms with E-state index in [1.807, 2.05) is 24.3 Å². The molecule has 1 unspecified atom stereocenters. The summed E-state index contributed by atoms with van der Waals surface area (Å²) in [5, 5.41) is 13.6. The molecule has 0 saturated carbocycles. The minimum atomic E-state index is -0.581. The largest absolute Gasteiger partial charge is 0.497 e. The second-order valence-corrected chi connectivity index (χ2v) is 6.00. The minimum Gasteiger partial charge on any atom is -0.497 e. The molecule has 3 nitrogen and oxygen atoms in total.